The molecule has 1 saturated carbocycles. The Kier molecular flexibility index (Phi) is 6.20. The van der Waals surface area contributed by atoms with Crippen LogP contribution in [0.2, 0.25) is 0 Å². The number of nitrogens with one attached hydrogen (secondary N) is 1. The number of urea groups is 1. The van der Waals surface area contributed by atoms with Crippen LogP contribution in [0.15, 0.2) is 54.7 Å². The van der Waals surface area contributed by atoms with Crippen molar-refractivity contribution in [2.45, 2.75) is 39.3 Å². The lowest BCUT2D eigenvalue weighted by Gasteiger charge is -2.23. The van der Waals surface area contributed by atoms with Crippen molar-refractivity contribution < 1.29 is 18.7 Å². The molecule has 0 spiro atoms. The number of ether oxygens (including phenoxy) is 1. The second-order valence-corrected chi connectivity index (χ2v) is 7.74. The first-order valence-corrected chi connectivity index (χ1v) is 10.6. The molecular weight excluding hydrogens is 411 g/mol. The summed E-state index contributed by atoms with van der Waals surface area (Å²) in [7, 11) is 0. The second-order valence-electron chi connectivity index (χ2n) is 7.74. The lowest BCUT2D eigenvalue weighted by molar-refractivity contribution is 0.0525. The molecule has 0 bridgehead atoms. The maximum absolute atomic E-state index is 13.5. The van der Waals surface area contributed by atoms with Crippen molar-refractivity contribution in [1.29, 1.82) is 0 Å². The summed E-state index contributed by atoms with van der Waals surface area (Å²) in [5, 5.41) is 7.20. The Bertz CT molecular complexity index is 1120. The van der Waals surface area contributed by atoms with E-state index in [9.17, 15) is 14.0 Å². The Morgan fingerprint density at radius 3 is 2.62 bits per heavy atom. The number of hydrogen-bond acceptors (Lipinski definition) is 4. The number of nitrogens with zero attached hydrogens (tertiary/aromatic N) is 3. The number of carbonyl (C=O) groups excluding carboxylic acids is 2. The van der Waals surface area contributed by atoms with E-state index in [-0.39, 0.29) is 17.9 Å². The van der Waals surface area contributed by atoms with Gasteiger partial charge in [-0.2, -0.15) is 5.10 Å². The zero-order chi connectivity index (χ0) is 22.7. The van der Waals surface area contributed by atoms with Gasteiger partial charge in [-0.15, -0.1) is 0 Å². The van der Waals surface area contributed by atoms with Crippen LogP contribution in [0.5, 0.6) is 0 Å². The molecule has 4 rings (SSSR count). The lowest BCUT2D eigenvalue weighted by Crippen LogP contribution is -2.36. The normalized spacial score (nSPS) is 13.0. The van der Waals surface area contributed by atoms with Crippen LogP contribution in [-0.4, -0.2) is 39.3 Å². The average Bonchev–Trinajstić information content (AvgIpc) is 3.54. The number of aromatic nitrogens is 2. The molecule has 166 valence electrons. The molecule has 1 heterocycles. The fourth-order valence-corrected chi connectivity index (χ4v) is 3.55. The van der Waals surface area contributed by atoms with E-state index < -0.39 is 5.97 Å². The summed E-state index contributed by atoms with van der Waals surface area (Å²) in [6.07, 6.45) is 3.38. The third kappa shape index (κ3) is 4.80. The molecule has 1 aliphatic carbocycles. The van der Waals surface area contributed by atoms with E-state index in [1.54, 1.807) is 41.6 Å². The van der Waals surface area contributed by atoms with E-state index in [0.29, 0.717) is 30.1 Å². The van der Waals surface area contributed by atoms with Crippen LogP contribution in [-0.2, 0) is 11.3 Å². The Morgan fingerprint density at radius 1 is 1.22 bits per heavy atom. The van der Waals surface area contributed by atoms with Crippen LogP contribution in [0.1, 0.15) is 41.4 Å². The number of hydrogen-bond donors (Lipinski definition) is 1. The van der Waals surface area contributed by atoms with Crippen LogP contribution in [0.4, 0.5) is 14.9 Å². The van der Waals surface area contributed by atoms with Gasteiger partial charge in [-0.25, -0.2) is 18.7 Å². The SMILES string of the molecule is CCOC(=O)c1cnn(-c2ccc(NC(=O)N(Cc3cccc(F)c3)C3CC3)cc2)c1C. The Morgan fingerprint density at radius 2 is 1.97 bits per heavy atom. The molecule has 2 aromatic carbocycles. The summed E-state index contributed by atoms with van der Waals surface area (Å²) in [5.41, 5.74) is 3.25. The standard InChI is InChI=1S/C24H25FN4O3/c1-3-32-23(30)22-14-26-29(16(22)2)21-9-7-19(8-10-21)27-24(31)28(20-11-12-20)15-17-5-4-6-18(25)13-17/h4-10,13-14,20H,3,11-12,15H2,1-2H3,(H,27,31). The number of anilines is 1. The fraction of sp³-hybridized carbons (Fsp3) is 0.292. The van der Waals surface area contributed by atoms with Crippen LogP contribution in [0.3, 0.4) is 0 Å². The molecule has 0 aliphatic heterocycles. The van der Waals surface area contributed by atoms with Gasteiger partial charge in [-0.05, 0) is 68.7 Å². The smallest absolute Gasteiger partial charge is 0.341 e. The van der Waals surface area contributed by atoms with Gasteiger partial charge in [0.05, 0.1) is 24.2 Å². The van der Waals surface area contributed by atoms with Gasteiger partial charge in [0.1, 0.15) is 11.4 Å². The van der Waals surface area contributed by atoms with Gasteiger partial charge in [-0.1, -0.05) is 12.1 Å². The zero-order valence-electron chi connectivity index (χ0n) is 18.0. The topological polar surface area (TPSA) is 76.5 Å². The Balaban J connectivity index is 1.45. The molecule has 0 unspecified atom stereocenters. The number of halogens is 1. The highest BCUT2D eigenvalue weighted by molar-refractivity contribution is 5.91. The van der Waals surface area contributed by atoms with Crippen LogP contribution < -0.4 is 5.32 Å². The molecule has 0 radical (unpaired) electrons. The van der Waals surface area contributed by atoms with Crippen molar-refractivity contribution in [2.24, 2.45) is 0 Å². The van der Waals surface area contributed by atoms with Crippen molar-refractivity contribution in [3.05, 3.63) is 77.4 Å². The summed E-state index contributed by atoms with van der Waals surface area (Å²) >= 11 is 0. The van der Waals surface area contributed by atoms with Crippen molar-refractivity contribution >= 4 is 17.7 Å². The first-order valence-electron chi connectivity index (χ1n) is 10.6. The summed E-state index contributed by atoms with van der Waals surface area (Å²) in [5.74, 6) is -0.715. The minimum atomic E-state index is -0.404. The van der Waals surface area contributed by atoms with Gasteiger partial charge in [0.2, 0.25) is 0 Å². The number of rotatable bonds is 7. The van der Waals surface area contributed by atoms with E-state index in [4.69, 9.17) is 4.74 Å². The van der Waals surface area contributed by atoms with Crippen molar-refractivity contribution in [2.75, 3.05) is 11.9 Å². The van der Waals surface area contributed by atoms with E-state index in [1.165, 1.54) is 18.3 Å². The Labute approximate surface area is 185 Å². The van der Waals surface area contributed by atoms with Crippen molar-refractivity contribution in [3.8, 4) is 5.69 Å². The minimum absolute atomic E-state index is 0.172. The van der Waals surface area contributed by atoms with E-state index in [2.05, 4.69) is 10.4 Å². The monoisotopic (exact) mass is 436 g/mol. The summed E-state index contributed by atoms with van der Waals surface area (Å²) < 4.78 is 20.2. The van der Waals surface area contributed by atoms with Gasteiger partial charge in [0.15, 0.2) is 0 Å². The highest BCUT2D eigenvalue weighted by Crippen LogP contribution is 2.29. The molecule has 0 saturated heterocycles. The van der Waals surface area contributed by atoms with Gasteiger partial charge in [-0.3, -0.25) is 0 Å². The second kappa shape index (κ2) is 9.21. The first-order chi connectivity index (χ1) is 15.5. The van der Waals surface area contributed by atoms with E-state index in [0.717, 1.165) is 24.1 Å². The minimum Gasteiger partial charge on any atom is -0.462 e. The summed E-state index contributed by atoms with van der Waals surface area (Å²) in [4.78, 5) is 26.6. The van der Waals surface area contributed by atoms with Crippen LogP contribution in [0.25, 0.3) is 5.69 Å². The number of amides is 2. The maximum atomic E-state index is 13.5. The van der Waals surface area contributed by atoms with E-state index in [1.807, 2.05) is 18.2 Å². The van der Waals surface area contributed by atoms with Crippen LogP contribution >= 0.6 is 0 Å². The van der Waals surface area contributed by atoms with Gasteiger partial charge in [0, 0.05) is 18.3 Å². The van der Waals surface area contributed by atoms with Gasteiger partial charge >= 0.3 is 12.0 Å². The third-order valence-corrected chi connectivity index (χ3v) is 5.36. The van der Waals surface area contributed by atoms with Crippen molar-refractivity contribution in [1.82, 2.24) is 14.7 Å². The number of benzene rings is 2. The van der Waals surface area contributed by atoms with Gasteiger partial charge in [0.25, 0.3) is 0 Å². The molecule has 1 aromatic heterocycles. The molecule has 8 heteroatoms. The molecule has 1 N–H and O–H groups in total. The summed E-state index contributed by atoms with van der Waals surface area (Å²) in [6.45, 7) is 4.21. The molecular formula is C24H25FN4O3. The number of carbonyl (C=O) groups is 2. The van der Waals surface area contributed by atoms with E-state index >= 15 is 0 Å². The highest BCUT2D eigenvalue weighted by Gasteiger charge is 2.32. The largest absolute Gasteiger partial charge is 0.462 e. The maximum Gasteiger partial charge on any atom is 0.341 e. The predicted molar refractivity (Wildman–Crippen MR) is 118 cm³/mol. The first kappa shape index (κ1) is 21.5. The Hall–Kier alpha value is -3.68. The summed E-state index contributed by atoms with van der Waals surface area (Å²) in [6, 6.07) is 13.5. The molecule has 0 atom stereocenters. The molecule has 2 amide bonds. The fourth-order valence-electron chi connectivity index (χ4n) is 3.55. The van der Waals surface area contributed by atoms with Crippen LogP contribution in [0, 0.1) is 12.7 Å². The average molecular weight is 436 g/mol. The third-order valence-electron chi connectivity index (χ3n) is 5.36. The predicted octanol–water partition coefficient (Wildman–Crippen LogP) is 4.69. The quantitative estimate of drug-likeness (QED) is 0.545. The molecule has 7 nitrogen and oxygen atoms in total. The molecule has 3 aromatic rings. The number of esters is 1. The zero-order valence-corrected chi connectivity index (χ0v) is 18.0. The highest BCUT2D eigenvalue weighted by atomic mass is 19.1. The molecule has 1 aliphatic rings. The van der Waals surface area contributed by atoms with Crippen molar-refractivity contribution in [3.63, 3.8) is 0 Å². The molecule has 32 heavy (non-hydrogen) atoms. The lowest BCUT2D eigenvalue weighted by atomic mass is 10.2. The molecule has 1 fully saturated rings. The van der Waals surface area contributed by atoms with Gasteiger partial charge < -0.3 is 15.0 Å².